The monoisotopic (exact) mass is 419 g/mol. The van der Waals surface area contributed by atoms with Crippen LogP contribution in [0, 0.1) is 0 Å². The molecule has 136 valence electrons. The first-order valence-corrected chi connectivity index (χ1v) is 8.88. The maximum atomic E-state index is 13.0. The normalized spacial score (nSPS) is 13.2. The summed E-state index contributed by atoms with van der Waals surface area (Å²) in [4.78, 5) is 12.5. The van der Waals surface area contributed by atoms with E-state index in [1.54, 1.807) is 25.1 Å². The number of hydrogen-bond donors (Lipinski definition) is 0. The van der Waals surface area contributed by atoms with E-state index in [-0.39, 0.29) is 21.6 Å². The van der Waals surface area contributed by atoms with Gasteiger partial charge in [-0.2, -0.15) is 13.2 Å². The lowest BCUT2D eigenvalue weighted by atomic mass is 10.1. The Morgan fingerprint density at radius 3 is 2.62 bits per heavy atom. The number of pyridine rings is 1. The second-order valence-electron chi connectivity index (χ2n) is 5.39. The molecule has 0 fully saturated rings. The third-order valence-electron chi connectivity index (χ3n) is 3.52. The van der Waals surface area contributed by atoms with Crippen LogP contribution in [0.4, 0.5) is 13.2 Å². The van der Waals surface area contributed by atoms with Gasteiger partial charge in [0.15, 0.2) is 16.6 Å². The average Bonchev–Trinajstić information content (AvgIpc) is 2.97. The van der Waals surface area contributed by atoms with Gasteiger partial charge in [-0.15, -0.1) is 10.2 Å². The highest BCUT2D eigenvalue weighted by Gasteiger charge is 2.32. The fourth-order valence-corrected chi connectivity index (χ4v) is 3.59. The SMILES string of the molecule is C[C@@H](Sc1nnc2c(Cl)cc(C(F)(F)F)cn12)C(=O)c1cccc(Cl)c1. The number of ketones is 1. The van der Waals surface area contributed by atoms with E-state index in [0.717, 1.165) is 28.4 Å². The van der Waals surface area contributed by atoms with Gasteiger partial charge in [0.05, 0.1) is 15.8 Å². The van der Waals surface area contributed by atoms with E-state index in [1.807, 2.05) is 0 Å². The smallest absolute Gasteiger partial charge is 0.293 e. The predicted octanol–water partition coefficient (Wildman–Crippen LogP) is 5.42. The molecule has 0 saturated heterocycles. The first-order chi connectivity index (χ1) is 12.2. The summed E-state index contributed by atoms with van der Waals surface area (Å²) in [7, 11) is 0. The van der Waals surface area contributed by atoms with Gasteiger partial charge >= 0.3 is 6.18 Å². The zero-order chi connectivity index (χ0) is 19.1. The zero-order valence-corrected chi connectivity index (χ0v) is 15.4. The Kier molecular flexibility index (Phi) is 5.18. The molecule has 0 aliphatic heterocycles. The third kappa shape index (κ3) is 3.82. The number of nitrogens with zero attached hydrogens (tertiary/aromatic N) is 3. The third-order valence-corrected chi connectivity index (χ3v) is 5.09. The Labute approximate surface area is 160 Å². The number of rotatable bonds is 4. The summed E-state index contributed by atoms with van der Waals surface area (Å²) in [6.45, 7) is 1.63. The summed E-state index contributed by atoms with van der Waals surface area (Å²) in [6.07, 6.45) is -3.70. The average molecular weight is 420 g/mol. The van der Waals surface area contributed by atoms with Crippen molar-refractivity contribution in [3.05, 3.63) is 57.7 Å². The van der Waals surface area contributed by atoms with Crippen LogP contribution in [0.3, 0.4) is 0 Å². The van der Waals surface area contributed by atoms with Gasteiger partial charge in [0.2, 0.25) is 0 Å². The van der Waals surface area contributed by atoms with Crippen LogP contribution >= 0.6 is 35.0 Å². The highest BCUT2D eigenvalue weighted by molar-refractivity contribution is 8.00. The number of alkyl halides is 3. The molecule has 3 rings (SSSR count). The maximum absolute atomic E-state index is 13.0. The summed E-state index contributed by atoms with van der Waals surface area (Å²) in [5.74, 6) is -0.229. The van der Waals surface area contributed by atoms with E-state index in [1.165, 1.54) is 6.07 Å². The van der Waals surface area contributed by atoms with Gasteiger partial charge in [-0.3, -0.25) is 9.20 Å². The Bertz CT molecular complexity index is 991. The molecule has 4 nitrogen and oxygen atoms in total. The number of carbonyl (C=O) groups is 1. The van der Waals surface area contributed by atoms with Crippen molar-refractivity contribution in [3.8, 4) is 0 Å². The van der Waals surface area contributed by atoms with Gasteiger partial charge in [-0.05, 0) is 25.1 Å². The summed E-state index contributed by atoms with van der Waals surface area (Å²) < 4.78 is 40.1. The minimum Gasteiger partial charge on any atom is -0.293 e. The van der Waals surface area contributed by atoms with Gasteiger partial charge in [0.1, 0.15) is 0 Å². The molecule has 2 aromatic heterocycles. The number of benzene rings is 1. The number of aromatic nitrogens is 3. The van der Waals surface area contributed by atoms with Crippen molar-refractivity contribution in [2.24, 2.45) is 0 Å². The molecular weight excluding hydrogens is 410 g/mol. The van der Waals surface area contributed by atoms with Crippen molar-refractivity contribution in [1.82, 2.24) is 14.6 Å². The van der Waals surface area contributed by atoms with E-state index >= 15 is 0 Å². The van der Waals surface area contributed by atoms with Gasteiger partial charge < -0.3 is 0 Å². The van der Waals surface area contributed by atoms with Crippen molar-refractivity contribution in [2.45, 2.75) is 23.5 Å². The van der Waals surface area contributed by atoms with E-state index in [9.17, 15) is 18.0 Å². The molecule has 1 atom stereocenters. The van der Waals surface area contributed by atoms with Crippen LogP contribution in [0.1, 0.15) is 22.8 Å². The highest BCUT2D eigenvalue weighted by Crippen LogP contribution is 2.34. The molecule has 3 aromatic rings. The Balaban J connectivity index is 1.93. The molecule has 10 heteroatoms. The number of fused-ring (bicyclic) bond motifs is 1. The highest BCUT2D eigenvalue weighted by atomic mass is 35.5. The zero-order valence-electron chi connectivity index (χ0n) is 13.1. The molecule has 0 unspecified atom stereocenters. The van der Waals surface area contributed by atoms with E-state index in [0.29, 0.717) is 10.6 Å². The molecule has 0 amide bonds. The standard InChI is InChI=1S/C16H10Cl2F3N3OS/c1-8(13(25)9-3-2-4-11(17)5-9)26-15-23-22-14-12(18)6-10(7-24(14)15)16(19,20)21/h2-8H,1H3/t8-/m1/s1. The van der Waals surface area contributed by atoms with Crippen LogP contribution < -0.4 is 0 Å². The van der Waals surface area contributed by atoms with Crippen molar-refractivity contribution in [1.29, 1.82) is 0 Å². The van der Waals surface area contributed by atoms with Crippen LogP contribution in [-0.4, -0.2) is 25.6 Å². The molecule has 1 aromatic carbocycles. The lowest BCUT2D eigenvalue weighted by Gasteiger charge is -2.11. The van der Waals surface area contributed by atoms with Crippen molar-refractivity contribution in [2.75, 3.05) is 0 Å². The van der Waals surface area contributed by atoms with Gasteiger partial charge in [0, 0.05) is 16.8 Å². The molecule has 0 aliphatic carbocycles. The molecule has 2 heterocycles. The topological polar surface area (TPSA) is 47.3 Å². The minimum absolute atomic E-state index is 0.0876. The van der Waals surface area contributed by atoms with Crippen molar-refractivity contribution >= 4 is 46.4 Å². The van der Waals surface area contributed by atoms with Crippen LogP contribution in [0.15, 0.2) is 41.7 Å². The fourth-order valence-electron chi connectivity index (χ4n) is 2.26. The molecule has 0 N–H and O–H groups in total. The van der Waals surface area contributed by atoms with Crippen LogP contribution in [0.5, 0.6) is 0 Å². The quantitative estimate of drug-likeness (QED) is 0.418. The van der Waals surface area contributed by atoms with E-state index in [4.69, 9.17) is 23.2 Å². The van der Waals surface area contributed by atoms with Gasteiger partial charge in [-0.25, -0.2) is 0 Å². The molecular formula is C16H10Cl2F3N3OS. The summed E-state index contributed by atoms with van der Waals surface area (Å²) in [6, 6.07) is 7.23. The number of thioether (sulfide) groups is 1. The lowest BCUT2D eigenvalue weighted by Crippen LogP contribution is -2.14. The minimum atomic E-state index is -4.56. The second-order valence-corrected chi connectivity index (χ2v) is 7.54. The molecule has 0 bridgehead atoms. The van der Waals surface area contributed by atoms with Crippen LogP contribution in [0.25, 0.3) is 5.65 Å². The largest absolute Gasteiger partial charge is 0.417 e. The van der Waals surface area contributed by atoms with Crippen molar-refractivity contribution in [3.63, 3.8) is 0 Å². The number of carbonyl (C=O) groups excluding carboxylic acids is 1. The molecule has 0 aliphatic rings. The first kappa shape index (κ1) is 19.0. The Hall–Kier alpha value is -1.77. The number of hydrogen-bond acceptors (Lipinski definition) is 4. The molecule has 0 radical (unpaired) electrons. The van der Waals surface area contributed by atoms with Gasteiger partial charge in [-0.1, -0.05) is 47.1 Å². The summed E-state index contributed by atoms with van der Waals surface area (Å²) in [5.41, 5.74) is -0.435. The predicted molar refractivity (Wildman–Crippen MR) is 94.1 cm³/mol. The summed E-state index contributed by atoms with van der Waals surface area (Å²) >= 11 is 12.8. The summed E-state index contributed by atoms with van der Waals surface area (Å²) in [5, 5.41) is 7.42. The molecule has 26 heavy (non-hydrogen) atoms. The molecule has 0 spiro atoms. The van der Waals surface area contributed by atoms with Crippen LogP contribution in [-0.2, 0) is 6.18 Å². The van der Waals surface area contributed by atoms with Crippen LogP contribution in [0.2, 0.25) is 10.0 Å². The second kappa shape index (κ2) is 7.09. The van der Waals surface area contributed by atoms with Crippen molar-refractivity contribution < 1.29 is 18.0 Å². The number of halogens is 5. The van der Waals surface area contributed by atoms with Gasteiger partial charge in [0.25, 0.3) is 0 Å². The first-order valence-electron chi connectivity index (χ1n) is 7.24. The maximum Gasteiger partial charge on any atom is 0.417 e. The Morgan fingerprint density at radius 2 is 1.96 bits per heavy atom. The van der Waals surface area contributed by atoms with E-state index in [2.05, 4.69) is 10.2 Å². The number of Topliss-reactive ketones (excluding diaryl/α,β-unsaturated/α-hetero) is 1. The van der Waals surface area contributed by atoms with E-state index < -0.39 is 17.0 Å². The fraction of sp³-hybridized carbons (Fsp3) is 0.188. The molecule has 0 saturated carbocycles. The lowest BCUT2D eigenvalue weighted by molar-refractivity contribution is -0.137. The Morgan fingerprint density at radius 1 is 1.23 bits per heavy atom.